The number of aliphatic hydroxyl groups excluding tert-OH is 1. The second kappa shape index (κ2) is 5.40. The third-order valence-corrected chi connectivity index (χ3v) is 3.58. The number of nitrogens with zero attached hydrogens (tertiary/aromatic N) is 1. The van der Waals surface area contributed by atoms with Crippen molar-refractivity contribution in [1.82, 2.24) is 0 Å². The van der Waals surface area contributed by atoms with Crippen LogP contribution in [0.5, 0.6) is 0 Å². The highest BCUT2D eigenvalue weighted by Gasteiger charge is 2.28. The second-order valence-corrected chi connectivity index (χ2v) is 4.77. The van der Waals surface area contributed by atoms with Gasteiger partial charge in [-0.15, -0.1) is 0 Å². The van der Waals surface area contributed by atoms with Crippen LogP contribution in [0.25, 0.3) is 0 Å². The number of nitrogens with two attached hydrogens (primary N) is 1. The van der Waals surface area contributed by atoms with Gasteiger partial charge in [-0.05, 0) is 37.0 Å². The van der Waals surface area contributed by atoms with Gasteiger partial charge in [-0.3, -0.25) is 4.79 Å². The van der Waals surface area contributed by atoms with Crippen molar-refractivity contribution < 1.29 is 9.90 Å². The largest absolute Gasteiger partial charge is 0.388 e. The first-order chi connectivity index (χ1) is 8.63. The molecule has 0 saturated carbocycles. The number of anilines is 1. The minimum absolute atomic E-state index is 0.188. The topological polar surface area (TPSA) is 66.6 Å². The summed E-state index contributed by atoms with van der Waals surface area (Å²) in [5, 5.41) is 9.74. The van der Waals surface area contributed by atoms with E-state index < -0.39 is 6.10 Å². The van der Waals surface area contributed by atoms with Crippen LogP contribution in [0.3, 0.4) is 0 Å². The van der Waals surface area contributed by atoms with E-state index >= 15 is 0 Å². The molecule has 1 heterocycles. The van der Waals surface area contributed by atoms with E-state index in [1.165, 1.54) is 0 Å². The molecule has 0 bridgehead atoms. The summed E-state index contributed by atoms with van der Waals surface area (Å²) in [5.74, 6) is -0.259. The first-order valence-corrected chi connectivity index (χ1v) is 6.47. The Morgan fingerprint density at radius 1 is 1.50 bits per heavy atom. The molecule has 1 amide bonds. The molecule has 3 N–H and O–H groups in total. The highest BCUT2D eigenvalue weighted by atomic mass is 16.3. The van der Waals surface area contributed by atoms with Crippen LogP contribution in [0, 0.1) is 0 Å². The number of rotatable bonds is 4. The third-order valence-electron chi connectivity index (χ3n) is 3.58. The number of primary amides is 1. The van der Waals surface area contributed by atoms with Crippen LogP contribution >= 0.6 is 0 Å². The van der Waals surface area contributed by atoms with E-state index in [-0.39, 0.29) is 11.9 Å². The lowest BCUT2D eigenvalue weighted by Gasteiger charge is -2.24. The molecule has 1 fully saturated rings. The fraction of sp³-hybridized carbons (Fsp3) is 0.500. The van der Waals surface area contributed by atoms with Gasteiger partial charge < -0.3 is 15.7 Å². The Morgan fingerprint density at radius 3 is 2.72 bits per heavy atom. The lowest BCUT2D eigenvalue weighted by molar-refractivity contribution is -0.119. The third kappa shape index (κ3) is 2.48. The maximum Gasteiger partial charge on any atom is 0.240 e. The molecule has 2 unspecified atom stereocenters. The van der Waals surface area contributed by atoms with Gasteiger partial charge >= 0.3 is 0 Å². The highest BCUT2D eigenvalue weighted by molar-refractivity contribution is 5.84. The summed E-state index contributed by atoms with van der Waals surface area (Å²) < 4.78 is 0. The van der Waals surface area contributed by atoms with Crippen LogP contribution in [-0.2, 0) is 4.79 Å². The molecular formula is C14H20N2O2. The van der Waals surface area contributed by atoms with Crippen molar-refractivity contribution in [3.05, 3.63) is 29.8 Å². The predicted octanol–water partition coefficient (Wildman–Crippen LogP) is 1.58. The van der Waals surface area contributed by atoms with E-state index in [4.69, 9.17) is 5.73 Å². The number of hydrogen-bond acceptors (Lipinski definition) is 3. The van der Waals surface area contributed by atoms with E-state index in [1.807, 2.05) is 36.1 Å². The van der Waals surface area contributed by atoms with Crippen molar-refractivity contribution in [1.29, 1.82) is 0 Å². The number of carbonyl (C=O) groups is 1. The molecule has 1 aromatic carbocycles. The van der Waals surface area contributed by atoms with Crippen molar-refractivity contribution in [2.45, 2.75) is 38.3 Å². The van der Waals surface area contributed by atoms with Gasteiger partial charge in [-0.1, -0.05) is 19.1 Å². The molecule has 98 valence electrons. The molecular weight excluding hydrogens is 228 g/mol. The monoisotopic (exact) mass is 248 g/mol. The standard InChI is InChI=1S/C14H20N2O2/c1-2-13(17)10-5-7-11(8-6-10)16-9-3-4-12(16)14(15)18/h5-8,12-13,17H,2-4,9H2,1H3,(H2,15,18). The summed E-state index contributed by atoms with van der Waals surface area (Å²) in [6.07, 6.45) is 2.11. The summed E-state index contributed by atoms with van der Waals surface area (Å²) in [4.78, 5) is 13.4. The number of benzene rings is 1. The van der Waals surface area contributed by atoms with E-state index in [0.29, 0.717) is 6.42 Å². The molecule has 1 aliphatic heterocycles. The van der Waals surface area contributed by atoms with Gasteiger partial charge in [0.15, 0.2) is 0 Å². The minimum atomic E-state index is -0.412. The van der Waals surface area contributed by atoms with Gasteiger partial charge in [0.1, 0.15) is 6.04 Å². The van der Waals surface area contributed by atoms with Gasteiger partial charge in [0, 0.05) is 12.2 Å². The molecule has 18 heavy (non-hydrogen) atoms. The van der Waals surface area contributed by atoms with E-state index in [1.54, 1.807) is 0 Å². The molecule has 0 radical (unpaired) electrons. The van der Waals surface area contributed by atoms with Crippen LogP contribution in [0.4, 0.5) is 5.69 Å². The van der Waals surface area contributed by atoms with E-state index in [0.717, 1.165) is 30.6 Å². The highest BCUT2D eigenvalue weighted by Crippen LogP contribution is 2.27. The Morgan fingerprint density at radius 2 is 2.17 bits per heavy atom. The van der Waals surface area contributed by atoms with Crippen LogP contribution in [0.1, 0.15) is 37.9 Å². The van der Waals surface area contributed by atoms with Crippen molar-refractivity contribution in [2.24, 2.45) is 5.73 Å². The Hall–Kier alpha value is -1.55. The quantitative estimate of drug-likeness (QED) is 0.850. The smallest absolute Gasteiger partial charge is 0.240 e. The molecule has 1 aliphatic rings. The van der Waals surface area contributed by atoms with Gasteiger partial charge in [0.05, 0.1) is 6.10 Å². The lowest BCUT2D eigenvalue weighted by Crippen LogP contribution is -2.40. The summed E-state index contributed by atoms with van der Waals surface area (Å²) in [5.41, 5.74) is 7.32. The fourth-order valence-corrected chi connectivity index (χ4v) is 2.50. The van der Waals surface area contributed by atoms with Crippen LogP contribution in [-0.4, -0.2) is 23.6 Å². The first kappa shape index (κ1) is 12.9. The maximum absolute atomic E-state index is 11.3. The molecule has 0 spiro atoms. The zero-order valence-corrected chi connectivity index (χ0v) is 10.7. The Bertz CT molecular complexity index is 416. The summed E-state index contributed by atoms with van der Waals surface area (Å²) in [6.45, 7) is 2.81. The van der Waals surface area contributed by atoms with Gasteiger partial charge in [0.25, 0.3) is 0 Å². The summed E-state index contributed by atoms with van der Waals surface area (Å²) >= 11 is 0. The Kier molecular flexibility index (Phi) is 3.87. The molecule has 0 aromatic heterocycles. The molecule has 1 saturated heterocycles. The van der Waals surface area contributed by atoms with Crippen molar-refractivity contribution in [3.8, 4) is 0 Å². The number of amides is 1. The minimum Gasteiger partial charge on any atom is -0.388 e. The molecule has 2 atom stereocenters. The van der Waals surface area contributed by atoms with Crippen LogP contribution in [0.15, 0.2) is 24.3 Å². The van der Waals surface area contributed by atoms with Gasteiger partial charge in [-0.2, -0.15) is 0 Å². The molecule has 2 rings (SSSR count). The normalized spacial score (nSPS) is 21.0. The van der Waals surface area contributed by atoms with Crippen LogP contribution < -0.4 is 10.6 Å². The number of carbonyl (C=O) groups excluding carboxylic acids is 1. The zero-order chi connectivity index (χ0) is 13.1. The van der Waals surface area contributed by atoms with E-state index in [9.17, 15) is 9.90 Å². The molecule has 0 aliphatic carbocycles. The predicted molar refractivity (Wildman–Crippen MR) is 71.3 cm³/mol. The Balaban J connectivity index is 2.16. The van der Waals surface area contributed by atoms with Crippen molar-refractivity contribution in [2.75, 3.05) is 11.4 Å². The SMILES string of the molecule is CCC(O)c1ccc(N2CCCC2C(N)=O)cc1. The number of aliphatic hydroxyl groups is 1. The van der Waals surface area contributed by atoms with Crippen molar-refractivity contribution in [3.63, 3.8) is 0 Å². The zero-order valence-electron chi connectivity index (χ0n) is 10.7. The van der Waals surface area contributed by atoms with Gasteiger partial charge in [-0.25, -0.2) is 0 Å². The summed E-state index contributed by atoms with van der Waals surface area (Å²) in [7, 11) is 0. The molecule has 1 aromatic rings. The van der Waals surface area contributed by atoms with Crippen molar-refractivity contribution >= 4 is 11.6 Å². The second-order valence-electron chi connectivity index (χ2n) is 4.77. The lowest BCUT2D eigenvalue weighted by atomic mass is 10.1. The van der Waals surface area contributed by atoms with Crippen LogP contribution in [0.2, 0.25) is 0 Å². The molecule has 4 heteroatoms. The van der Waals surface area contributed by atoms with E-state index in [2.05, 4.69) is 0 Å². The Labute approximate surface area is 107 Å². The summed E-state index contributed by atoms with van der Waals surface area (Å²) in [6, 6.07) is 7.55. The fourth-order valence-electron chi connectivity index (χ4n) is 2.50. The maximum atomic E-state index is 11.3. The average Bonchev–Trinajstić information content (AvgIpc) is 2.87. The average molecular weight is 248 g/mol. The molecule has 4 nitrogen and oxygen atoms in total. The van der Waals surface area contributed by atoms with Gasteiger partial charge in [0.2, 0.25) is 5.91 Å². The number of hydrogen-bond donors (Lipinski definition) is 2. The first-order valence-electron chi connectivity index (χ1n) is 6.47.